The summed E-state index contributed by atoms with van der Waals surface area (Å²) in [6, 6.07) is 11.4. The van der Waals surface area contributed by atoms with Crippen LogP contribution in [0.3, 0.4) is 0 Å². The smallest absolute Gasteiger partial charge is 0.288 e. The quantitative estimate of drug-likeness (QED) is 0.516. The van der Waals surface area contributed by atoms with Gasteiger partial charge in [0.1, 0.15) is 22.3 Å². The number of aliphatic imine (C=N–C) groups is 1. The number of nitro benzene ring substituents is 1. The zero-order valence-corrected chi connectivity index (χ0v) is 13.8. The molecule has 2 aromatic carbocycles. The monoisotopic (exact) mass is 357 g/mol. The highest BCUT2D eigenvalue weighted by molar-refractivity contribution is 6.33. The van der Waals surface area contributed by atoms with E-state index < -0.39 is 4.92 Å². The van der Waals surface area contributed by atoms with Crippen molar-refractivity contribution in [1.82, 2.24) is 5.32 Å². The van der Waals surface area contributed by atoms with Gasteiger partial charge in [-0.05, 0) is 35.9 Å². The van der Waals surface area contributed by atoms with Crippen LogP contribution in [-0.4, -0.2) is 23.8 Å². The highest BCUT2D eigenvalue weighted by atomic mass is 35.5. The Hall–Kier alpha value is -3.19. The van der Waals surface area contributed by atoms with Crippen LogP contribution in [0.1, 0.15) is 11.1 Å². The maximum Gasteiger partial charge on any atom is 0.288 e. The number of amidine groups is 1. The van der Waals surface area contributed by atoms with Crippen molar-refractivity contribution >= 4 is 35.1 Å². The molecule has 0 bridgehead atoms. The van der Waals surface area contributed by atoms with Crippen molar-refractivity contribution in [3.8, 4) is 5.75 Å². The Labute approximate surface area is 147 Å². The van der Waals surface area contributed by atoms with Crippen molar-refractivity contribution in [3.05, 3.63) is 74.4 Å². The van der Waals surface area contributed by atoms with Crippen molar-refractivity contribution in [2.45, 2.75) is 0 Å². The van der Waals surface area contributed by atoms with E-state index in [4.69, 9.17) is 16.3 Å². The Bertz CT molecular complexity index is 920. The van der Waals surface area contributed by atoms with Crippen molar-refractivity contribution in [1.29, 1.82) is 0 Å². The number of rotatable bonds is 4. The fraction of sp³-hybridized carbons (Fsp3) is 0.0588. The van der Waals surface area contributed by atoms with E-state index >= 15 is 0 Å². The van der Waals surface area contributed by atoms with Crippen LogP contribution >= 0.6 is 11.6 Å². The number of nitrogens with zero attached hydrogens (tertiary/aromatic N) is 2. The molecule has 1 heterocycles. The summed E-state index contributed by atoms with van der Waals surface area (Å²) in [5.74, 6) is 0.559. The molecule has 0 saturated carbocycles. The molecule has 0 fully saturated rings. The molecule has 1 amide bonds. The Morgan fingerprint density at radius 1 is 1.24 bits per heavy atom. The molecule has 126 valence electrons. The fourth-order valence-electron chi connectivity index (χ4n) is 2.26. The summed E-state index contributed by atoms with van der Waals surface area (Å²) in [5, 5.41) is 13.6. The predicted molar refractivity (Wildman–Crippen MR) is 93.8 cm³/mol. The largest absolute Gasteiger partial charge is 0.497 e. The molecule has 2 aromatic rings. The molecule has 3 rings (SSSR count). The SMILES string of the molecule is COc1ccc(C=C2N=C(c3ccc(Cl)c([N+](=O)[O-])c3)NC2=O)cc1. The van der Waals surface area contributed by atoms with Gasteiger partial charge in [-0.25, -0.2) is 4.99 Å². The van der Waals surface area contributed by atoms with Gasteiger partial charge in [-0.1, -0.05) is 23.7 Å². The molecular formula is C17H12ClN3O4. The number of ether oxygens (including phenoxy) is 1. The van der Waals surface area contributed by atoms with Crippen molar-refractivity contribution in [3.63, 3.8) is 0 Å². The van der Waals surface area contributed by atoms with Crippen molar-refractivity contribution in [2.24, 2.45) is 4.99 Å². The fourth-order valence-corrected chi connectivity index (χ4v) is 2.45. The lowest BCUT2D eigenvalue weighted by molar-refractivity contribution is -0.384. The lowest BCUT2D eigenvalue weighted by Crippen LogP contribution is -2.24. The van der Waals surface area contributed by atoms with E-state index in [1.165, 1.54) is 12.1 Å². The minimum atomic E-state index is -0.586. The van der Waals surface area contributed by atoms with E-state index in [2.05, 4.69) is 10.3 Å². The maximum absolute atomic E-state index is 12.1. The van der Waals surface area contributed by atoms with Gasteiger partial charge >= 0.3 is 0 Å². The summed E-state index contributed by atoms with van der Waals surface area (Å²) >= 11 is 5.80. The number of benzene rings is 2. The number of methoxy groups -OCH3 is 1. The first-order valence-electron chi connectivity index (χ1n) is 7.18. The summed E-state index contributed by atoms with van der Waals surface area (Å²) in [6.07, 6.45) is 1.62. The molecule has 7 nitrogen and oxygen atoms in total. The predicted octanol–water partition coefficient (Wildman–Crippen LogP) is 3.17. The third-order valence-corrected chi connectivity index (χ3v) is 3.85. The Balaban J connectivity index is 1.93. The molecule has 8 heteroatoms. The van der Waals surface area contributed by atoms with Crippen LogP contribution in [0.4, 0.5) is 5.69 Å². The second kappa shape index (κ2) is 6.74. The first-order valence-corrected chi connectivity index (χ1v) is 7.56. The van der Waals surface area contributed by atoms with Crippen LogP contribution in [0, 0.1) is 10.1 Å². The normalized spacial score (nSPS) is 15.0. The van der Waals surface area contributed by atoms with Crippen LogP contribution in [-0.2, 0) is 4.79 Å². The number of carbonyl (C=O) groups is 1. The highest BCUT2D eigenvalue weighted by Crippen LogP contribution is 2.26. The summed E-state index contributed by atoms with van der Waals surface area (Å²) in [5.41, 5.74) is 1.14. The summed E-state index contributed by atoms with van der Waals surface area (Å²) in [6.45, 7) is 0. The van der Waals surface area contributed by atoms with Crippen LogP contribution < -0.4 is 10.1 Å². The summed E-state index contributed by atoms with van der Waals surface area (Å²) in [4.78, 5) is 26.7. The lowest BCUT2D eigenvalue weighted by Gasteiger charge is -2.01. The number of carbonyl (C=O) groups excluding carboxylic acids is 1. The summed E-state index contributed by atoms with van der Waals surface area (Å²) < 4.78 is 5.08. The first kappa shape index (κ1) is 16.7. The van der Waals surface area contributed by atoms with Crippen LogP contribution in [0.25, 0.3) is 6.08 Å². The van der Waals surface area contributed by atoms with Gasteiger partial charge in [-0.3, -0.25) is 14.9 Å². The molecule has 0 aromatic heterocycles. The molecule has 0 unspecified atom stereocenters. The Kier molecular flexibility index (Phi) is 4.49. The van der Waals surface area contributed by atoms with Gasteiger partial charge < -0.3 is 10.1 Å². The minimum Gasteiger partial charge on any atom is -0.497 e. The number of amides is 1. The lowest BCUT2D eigenvalue weighted by atomic mass is 10.2. The van der Waals surface area contributed by atoms with Gasteiger partial charge in [0.2, 0.25) is 0 Å². The number of halogens is 1. The van der Waals surface area contributed by atoms with Crippen molar-refractivity contribution < 1.29 is 14.5 Å². The highest BCUT2D eigenvalue weighted by Gasteiger charge is 2.23. The number of nitro groups is 1. The third kappa shape index (κ3) is 3.51. The molecule has 0 spiro atoms. The van der Waals surface area contributed by atoms with E-state index in [0.717, 1.165) is 5.56 Å². The zero-order chi connectivity index (χ0) is 18.0. The first-order chi connectivity index (χ1) is 12.0. The maximum atomic E-state index is 12.1. The Morgan fingerprint density at radius 2 is 1.96 bits per heavy atom. The van der Waals surface area contributed by atoms with Gasteiger partial charge in [-0.15, -0.1) is 0 Å². The van der Waals surface area contributed by atoms with Gasteiger partial charge in [0.05, 0.1) is 12.0 Å². The van der Waals surface area contributed by atoms with Gasteiger partial charge in [0.25, 0.3) is 11.6 Å². The molecule has 1 aliphatic rings. The summed E-state index contributed by atoms with van der Waals surface area (Å²) in [7, 11) is 1.57. The zero-order valence-electron chi connectivity index (χ0n) is 13.0. The molecule has 1 N–H and O–H groups in total. The molecule has 0 aliphatic carbocycles. The topological polar surface area (TPSA) is 93.8 Å². The van der Waals surface area contributed by atoms with E-state index in [1.54, 1.807) is 43.5 Å². The van der Waals surface area contributed by atoms with Crippen molar-refractivity contribution in [2.75, 3.05) is 7.11 Å². The molecule has 0 radical (unpaired) electrons. The van der Waals surface area contributed by atoms with E-state index in [-0.39, 0.29) is 28.1 Å². The molecule has 0 atom stereocenters. The number of hydrogen-bond donors (Lipinski definition) is 1. The average molecular weight is 358 g/mol. The standard InChI is InChI=1S/C17H12ClN3O4/c1-25-12-5-2-10(3-6-12)8-14-17(22)20-16(19-14)11-4-7-13(18)15(9-11)21(23)24/h2-9H,1H3,(H,19,20,22). The Morgan fingerprint density at radius 3 is 2.60 bits per heavy atom. The van der Waals surface area contributed by atoms with Crippen LogP contribution in [0.2, 0.25) is 5.02 Å². The molecule has 1 aliphatic heterocycles. The van der Waals surface area contributed by atoms with E-state index in [9.17, 15) is 14.9 Å². The van der Waals surface area contributed by atoms with E-state index in [1.807, 2.05) is 0 Å². The second-order valence-electron chi connectivity index (χ2n) is 5.14. The van der Waals surface area contributed by atoms with Crippen LogP contribution in [0.15, 0.2) is 53.2 Å². The minimum absolute atomic E-state index is 0.0210. The number of nitrogens with one attached hydrogen (secondary N) is 1. The number of hydrogen-bond acceptors (Lipinski definition) is 5. The van der Waals surface area contributed by atoms with Crippen LogP contribution in [0.5, 0.6) is 5.75 Å². The second-order valence-corrected chi connectivity index (χ2v) is 5.55. The third-order valence-electron chi connectivity index (χ3n) is 3.53. The van der Waals surface area contributed by atoms with Gasteiger partial charge in [-0.2, -0.15) is 0 Å². The molecular weight excluding hydrogens is 346 g/mol. The van der Waals surface area contributed by atoms with Gasteiger partial charge in [0, 0.05) is 11.6 Å². The van der Waals surface area contributed by atoms with Gasteiger partial charge in [0.15, 0.2) is 0 Å². The van der Waals surface area contributed by atoms with E-state index in [0.29, 0.717) is 11.3 Å². The molecule has 0 saturated heterocycles. The molecule has 25 heavy (non-hydrogen) atoms. The average Bonchev–Trinajstić information content (AvgIpc) is 2.96.